The summed E-state index contributed by atoms with van der Waals surface area (Å²) >= 11 is 0. The zero-order valence-corrected chi connectivity index (χ0v) is 25.4. The topological polar surface area (TPSA) is 24.7 Å². The molecule has 218 valence electrons. The summed E-state index contributed by atoms with van der Waals surface area (Å²) < 4.78 is 17.3. The molecule has 8 rings (SSSR count). The fourth-order valence-electron chi connectivity index (χ4n) is 7.86. The Morgan fingerprint density at radius 1 is 0.744 bits per heavy atom. The summed E-state index contributed by atoms with van der Waals surface area (Å²) in [7, 11) is 0. The van der Waals surface area contributed by atoms with Gasteiger partial charge >= 0.3 is 6.82 Å². The number of fused-ring (bicyclic) bond motifs is 8. The van der Waals surface area contributed by atoms with Crippen LogP contribution in [0.25, 0.3) is 38.4 Å². The summed E-state index contributed by atoms with van der Waals surface area (Å²) in [5, 5.41) is 8.66. The SMILES string of the molecule is CCCCCCN1c2cc(c3cccc4c3c2[CH-]C=C4)O[B-]12Oc1cc(c3cccc4cccc1c43)=[N+]2CCCCCC. The van der Waals surface area contributed by atoms with Crippen LogP contribution in [0.2, 0.25) is 0 Å². The van der Waals surface area contributed by atoms with Gasteiger partial charge in [-0.1, -0.05) is 106 Å². The third kappa shape index (κ3) is 4.04. The van der Waals surface area contributed by atoms with Gasteiger partial charge in [0.05, 0.1) is 11.5 Å². The van der Waals surface area contributed by atoms with Crippen molar-refractivity contribution in [3.63, 3.8) is 0 Å². The summed E-state index contributed by atoms with van der Waals surface area (Å²) in [6.07, 6.45) is 16.2. The average Bonchev–Trinajstić information content (AvgIpc) is 3.04. The molecule has 0 radical (unpaired) electrons. The molecule has 2 heterocycles. The first kappa shape index (κ1) is 26.5. The summed E-state index contributed by atoms with van der Waals surface area (Å²) in [5.41, 5.74) is 3.77. The van der Waals surface area contributed by atoms with Crippen LogP contribution in [0.1, 0.15) is 76.3 Å². The molecule has 0 saturated carbocycles. The Morgan fingerprint density at radius 2 is 1.44 bits per heavy atom. The molecule has 0 aromatic heterocycles. The number of hydrogen-bond acceptors (Lipinski definition) is 3. The predicted octanol–water partition coefficient (Wildman–Crippen LogP) is 8.82. The lowest BCUT2D eigenvalue weighted by Gasteiger charge is -2.54. The first-order chi connectivity index (χ1) is 21.2. The van der Waals surface area contributed by atoms with Gasteiger partial charge in [0.25, 0.3) is 0 Å². The molecular weight excluding hydrogens is 527 g/mol. The third-order valence-corrected chi connectivity index (χ3v) is 9.90. The maximum atomic E-state index is 7.39. The fraction of sp³-hybridized carbons (Fsp3) is 0.316. The number of rotatable bonds is 10. The van der Waals surface area contributed by atoms with E-state index < -0.39 is 6.82 Å². The van der Waals surface area contributed by atoms with Crippen molar-refractivity contribution in [1.82, 2.24) is 4.49 Å². The van der Waals surface area contributed by atoms with Crippen LogP contribution in [0.15, 0.2) is 72.8 Å². The normalized spacial score (nSPS) is 18.0. The highest BCUT2D eigenvalue weighted by molar-refractivity contribution is 6.72. The van der Waals surface area contributed by atoms with Gasteiger partial charge in [-0.2, -0.15) is 0 Å². The molecule has 0 saturated heterocycles. The molecule has 1 aliphatic carbocycles. The lowest BCUT2D eigenvalue weighted by molar-refractivity contribution is 0.324. The second kappa shape index (κ2) is 10.6. The fourth-order valence-corrected chi connectivity index (χ4v) is 7.86. The minimum Gasteiger partial charge on any atom is -0.603 e. The van der Waals surface area contributed by atoms with E-state index in [4.69, 9.17) is 9.31 Å². The molecule has 1 atom stereocenters. The van der Waals surface area contributed by atoms with E-state index in [0.717, 1.165) is 48.2 Å². The van der Waals surface area contributed by atoms with Gasteiger partial charge in [0.15, 0.2) is 5.36 Å². The lowest BCUT2D eigenvalue weighted by Crippen LogP contribution is -2.77. The zero-order chi connectivity index (χ0) is 29.0. The molecule has 0 fully saturated rings. The van der Waals surface area contributed by atoms with Crippen LogP contribution in [0, 0.1) is 6.42 Å². The molecule has 0 amide bonds. The van der Waals surface area contributed by atoms with Crippen molar-refractivity contribution in [2.75, 3.05) is 17.9 Å². The van der Waals surface area contributed by atoms with E-state index in [-0.39, 0.29) is 0 Å². The Morgan fingerprint density at radius 3 is 2.23 bits per heavy atom. The van der Waals surface area contributed by atoms with E-state index in [2.05, 4.69) is 108 Å². The Bertz CT molecular complexity index is 1960. The van der Waals surface area contributed by atoms with Crippen molar-refractivity contribution in [1.29, 1.82) is 0 Å². The van der Waals surface area contributed by atoms with Crippen LogP contribution < -0.4 is 24.0 Å². The van der Waals surface area contributed by atoms with Gasteiger partial charge in [-0.3, -0.25) is 0 Å². The number of unbranched alkanes of at least 4 members (excludes halogenated alkanes) is 6. The summed E-state index contributed by atoms with van der Waals surface area (Å²) in [5.74, 6) is 1.85. The average molecular weight is 568 g/mol. The number of benzene rings is 5. The van der Waals surface area contributed by atoms with Gasteiger partial charge < -0.3 is 18.6 Å². The van der Waals surface area contributed by atoms with Gasteiger partial charge in [0, 0.05) is 28.6 Å². The lowest BCUT2D eigenvalue weighted by atomic mass is 9.75. The molecule has 3 aliphatic rings. The van der Waals surface area contributed by atoms with Crippen LogP contribution in [0.3, 0.4) is 0 Å². The smallest absolute Gasteiger partial charge is 0.603 e. The summed E-state index contributed by atoms with van der Waals surface area (Å²) in [6.45, 7) is 4.26. The number of allylic oxidation sites excluding steroid dienone is 1. The number of anilines is 1. The van der Waals surface area contributed by atoms with E-state index >= 15 is 0 Å². The van der Waals surface area contributed by atoms with Gasteiger partial charge in [-0.25, -0.2) is 0 Å². The highest BCUT2D eigenvalue weighted by atomic mass is 16.6. The van der Waals surface area contributed by atoms with Gasteiger partial charge in [0.1, 0.15) is 6.54 Å². The van der Waals surface area contributed by atoms with Crippen molar-refractivity contribution >= 4 is 50.9 Å². The second-order valence-corrected chi connectivity index (χ2v) is 12.6. The second-order valence-electron chi connectivity index (χ2n) is 12.6. The molecule has 4 nitrogen and oxygen atoms in total. The van der Waals surface area contributed by atoms with E-state index in [1.807, 2.05) is 0 Å². The Labute approximate surface area is 254 Å². The predicted molar refractivity (Wildman–Crippen MR) is 182 cm³/mol. The molecule has 5 aromatic rings. The van der Waals surface area contributed by atoms with Crippen LogP contribution in [0.5, 0.6) is 11.5 Å². The van der Waals surface area contributed by atoms with Crippen LogP contribution in [-0.4, -0.2) is 19.9 Å². The molecular formula is C38H40BN2O2-. The molecule has 5 heteroatoms. The van der Waals surface area contributed by atoms with Crippen molar-refractivity contribution < 1.29 is 9.31 Å². The molecule has 1 unspecified atom stereocenters. The van der Waals surface area contributed by atoms with Gasteiger partial charge in [-0.15, -0.1) is 29.7 Å². The van der Waals surface area contributed by atoms with Crippen LogP contribution in [0.4, 0.5) is 5.69 Å². The van der Waals surface area contributed by atoms with E-state index in [9.17, 15) is 0 Å². The van der Waals surface area contributed by atoms with Crippen molar-refractivity contribution in [3.8, 4) is 11.5 Å². The van der Waals surface area contributed by atoms with Crippen molar-refractivity contribution in [2.45, 2.75) is 65.2 Å². The van der Waals surface area contributed by atoms with Crippen LogP contribution in [-0.2, 0) is 0 Å². The first-order valence-electron chi connectivity index (χ1n) is 16.5. The summed E-state index contributed by atoms with van der Waals surface area (Å²) in [4.78, 5) is 2.52. The zero-order valence-electron chi connectivity index (χ0n) is 25.4. The first-order valence-corrected chi connectivity index (χ1v) is 16.5. The molecule has 0 N–H and O–H groups in total. The molecule has 5 aromatic carbocycles. The highest BCUT2D eigenvalue weighted by Crippen LogP contribution is 2.48. The molecule has 43 heavy (non-hydrogen) atoms. The summed E-state index contributed by atoms with van der Waals surface area (Å²) in [6, 6.07) is 24.4. The largest absolute Gasteiger partial charge is 0.762 e. The number of hydrogen-bond donors (Lipinski definition) is 0. The third-order valence-electron chi connectivity index (χ3n) is 9.90. The minimum absolute atomic E-state index is 0.884. The van der Waals surface area contributed by atoms with Gasteiger partial charge in [0.2, 0.25) is 0 Å². The Kier molecular flexibility index (Phi) is 6.51. The minimum atomic E-state index is -2.07. The quantitative estimate of drug-likeness (QED) is 0.0958. The molecule has 2 aliphatic heterocycles. The molecule has 4 bridgehead atoms. The van der Waals surface area contributed by atoms with Crippen molar-refractivity contribution in [3.05, 3.63) is 95.7 Å². The van der Waals surface area contributed by atoms with Crippen LogP contribution >= 0.6 is 0 Å². The maximum absolute atomic E-state index is 7.39. The monoisotopic (exact) mass is 567 g/mol. The maximum Gasteiger partial charge on any atom is 0.762 e. The number of nitrogens with zero attached hydrogens (tertiary/aromatic N) is 2. The Hall–Kier alpha value is -4.12. The highest BCUT2D eigenvalue weighted by Gasteiger charge is 2.57. The Balaban J connectivity index is 1.40. The van der Waals surface area contributed by atoms with E-state index in [0.29, 0.717) is 0 Å². The molecule has 1 spiro atoms. The van der Waals surface area contributed by atoms with E-state index in [1.54, 1.807) is 0 Å². The van der Waals surface area contributed by atoms with Crippen molar-refractivity contribution in [2.24, 2.45) is 0 Å². The standard InChI is InChI=1S/C38H40BN2O2/c1-3-5-7-9-23-40-33-25-35(31-21-13-17-27-15-11-19-29(33)37(27)31)42-39(40)41(24-10-8-6-4-2)34-26-36(43-39)32-22-14-18-28-16-12-20-30(34)38(28)32/h11-22,25-26H,3-10,23-24H2,1-2H3/q-1. The van der Waals surface area contributed by atoms with E-state index in [1.165, 1.54) is 82.2 Å². The van der Waals surface area contributed by atoms with Gasteiger partial charge in [-0.05, 0) is 42.3 Å².